The average Bonchev–Trinajstić information content (AvgIpc) is 2.71. The minimum Gasteiger partial charge on any atom is -0.287 e. The van der Waals surface area contributed by atoms with Gasteiger partial charge in [0.2, 0.25) is 5.78 Å². The highest BCUT2D eigenvalue weighted by atomic mass is 35.5. The van der Waals surface area contributed by atoms with Gasteiger partial charge in [0.25, 0.3) is 0 Å². The van der Waals surface area contributed by atoms with E-state index in [0.717, 1.165) is 0 Å². The van der Waals surface area contributed by atoms with Crippen LogP contribution in [-0.4, -0.2) is 25.5 Å². The first kappa shape index (κ1) is 11.7. The Hall–Kier alpha value is -1.75. The lowest BCUT2D eigenvalue weighted by molar-refractivity contribution is 0.102. The predicted molar refractivity (Wildman–Crippen MR) is 63.1 cm³/mol. The van der Waals surface area contributed by atoms with Gasteiger partial charge < -0.3 is 0 Å². The Bertz CT molecular complexity index is 536. The molecule has 0 aliphatic heterocycles. The molecule has 17 heavy (non-hydrogen) atoms. The van der Waals surface area contributed by atoms with Crippen LogP contribution in [0, 0.1) is 0 Å². The summed E-state index contributed by atoms with van der Waals surface area (Å²) in [6.45, 7) is 3.86. The summed E-state index contributed by atoms with van der Waals surface area (Å²) < 4.78 is 1.59. The molecule has 0 fully saturated rings. The van der Waals surface area contributed by atoms with Crippen molar-refractivity contribution in [1.29, 1.82) is 0 Å². The Morgan fingerprint density at radius 2 is 1.94 bits per heavy atom. The molecular weight excluding hydrogens is 240 g/mol. The second-order valence-electron chi connectivity index (χ2n) is 3.84. The molecule has 0 bridgehead atoms. The molecule has 0 amide bonds. The van der Waals surface area contributed by atoms with Gasteiger partial charge >= 0.3 is 0 Å². The fourth-order valence-electron chi connectivity index (χ4n) is 1.50. The van der Waals surface area contributed by atoms with Crippen molar-refractivity contribution >= 4 is 17.4 Å². The molecular formula is C11H11ClN4O. The highest BCUT2D eigenvalue weighted by Gasteiger charge is 2.20. The summed E-state index contributed by atoms with van der Waals surface area (Å²) in [6, 6.07) is 0.0612. The number of aromatic nitrogens is 4. The summed E-state index contributed by atoms with van der Waals surface area (Å²) in [5.74, 6) is -0.221. The molecule has 0 atom stereocenters. The average molecular weight is 251 g/mol. The third-order valence-corrected chi connectivity index (χ3v) is 2.55. The SMILES string of the molecule is CC(C)n1ncc(Cl)c1C(=O)c1cncnc1. The van der Waals surface area contributed by atoms with Crippen LogP contribution in [0.3, 0.4) is 0 Å². The van der Waals surface area contributed by atoms with Gasteiger partial charge in [-0.25, -0.2) is 9.97 Å². The van der Waals surface area contributed by atoms with Gasteiger partial charge in [-0.3, -0.25) is 9.48 Å². The highest BCUT2D eigenvalue weighted by molar-refractivity contribution is 6.34. The first-order valence-corrected chi connectivity index (χ1v) is 5.51. The molecule has 2 aromatic heterocycles. The van der Waals surface area contributed by atoms with E-state index in [9.17, 15) is 4.79 Å². The van der Waals surface area contributed by atoms with Crippen molar-refractivity contribution in [2.45, 2.75) is 19.9 Å². The zero-order valence-corrected chi connectivity index (χ0v) is 10.2. The molecule has 0 N–H and O–H groups in total. The molecule has 2 aromatic rings. The van der Waals surface area contributed by atoms with Crippen LogP contribution in [0.15, 0.2) is 24.9 Å². The molecule has 0 saturated carbocycles. The summed E-state index contributed by atoms with van der Waals surface area (Å²) in [4.78, 5) is 19.9. The summed E-state index contributed by atoms with van der Waals surface area (Å²) >= 11 is 5.99. The van der Waals surface area contributed by atoms with E-state index in [1.807, 2.05) is 13.8 Å². The van der Waals surface area contributed by atoms with Crippen LogP contribution in [0.2, 0.25) is 5.02 Å². The van der Waals surface area contributed by atoms with E-state index < -0.39 is 0 Å². The van der Waals surface area contributed by atoms with E-state index in [1.165, 1.54) is 24.9 Å². The molecule has 0 spiro atoms. The smallest absolute Gasteiger partial charge is 0.215 e. The first-order chi connectivity index (χ1) is 8.11. The van der Waals surface area contributed by atoms with E-state index in [-0.39, 0.29) is 11.8 Å². The van der Waals surface area contributed by atoms with Crippen LogP contribution in [0.25, 0.3) is 0 Å². The summed E-state index contributed by atoms with van der Waals surface area (Å²) in [5.41, 5.74) is 0.772. The van der Waals surface area contributed by atoms with E-state index in [0.29, 0.717) is 16.3 Å². The highest BCUT2D eigenvalue weighted by Crippen LogP contribution is 2.21. The van der Waals surface area contributed by atoms with Gasteiger partial charge in [-0.05, 0) is 13.8 Å². The second-order valence-corrected chi connectivity index (χ2v) is 4.24. The van der Waals surface area contributed by atoms with Crippen LogP contribution in [0.1, 0.15) is 35.9 Å². The fourth-order valence-corrected chi connectivity index (χ4v) is 1.71. The maximum absolute atomic E-state index is 12.2. The third-order valence-electron chi connectivity index (χ3n) is 2.28. The van der Waals surface area contributed by atoms with Crippen LogP contribution in [0.4, 0.5) is 0 Å². The van der Waals surface area contributed by atoms with E-state index >= 15 is 0 Å². The second kappa shape index (κ2) is 4.63. The molecule has 0 aliphatic rings. The zero-order chi connectivity index (χ0) is 12.4. The Morgan fingerprint density at radius 3 is 2.53 bits per heavy atom. The molecule has 0 aromatic carbocycles. The van der Waals surface area contributed by atoms with Crippen molar-refractivity contribution in [2.75, 3.05) is 0 Å². The van der Waals surface area contributed by atoms with Gasteiger partial charge in [0, 0.05) is 18.4 Å². The number of ketones is 1. The van der Waals surface area contributed by atoms with Crippen molar-refractivity contribution in [1.82, 2.24) is 19.7 Å². The van der Waals surface area contributed by atoms with Crippen molar-refractivity contribution < 1.29 is 4.79 Å². The molecule has 2 rings (SSSR count). The number of halogens is 1. The number of carbonyl (C=O) groups is 1. The predicted octanol–water partition coefficient (Wildman–Crippen LogP) is 2.14. The molecule has 2 heterocycles. The lowest BCUT2D eigenvalue weighted by atomic mass is 10.1. The van der Waals surface area contributed by atoms with Crippen molar-refractivity contribution in [3.8, 4) is 0 Å². The van der Waals surface area contributed by atoms with Crippen LogP contribution >= 0.6 is 11.6 Å². The molecule has 0 radical (unpaired) electrons. The normalized spacial score (nSPS) is 10.8. The Balaban J connectivity index is 2.48. The zero-order valence-electron chi connectivity index (χ0n) is 9.46. The Labute approximate surface area is 103 Å². The van der Waals surface area contributed by atoms with Gasteiger partial charge in [0.05, 0.1) is 16.8 Å². The molecule has 88 valence electrons. The summed E-state index contributed by atoms with van der Waals surface area (Å²) in [7, 11) is 0. The van der Waals surface area contributed by atoms with Crippen LogP contribution in [-0.2, 0) is 0 Å². The molecule has 6 heteroatoms. The lowest BCUT2D eigenvalue weighted by Crippen LogP contribution is -2.14. The fraction of sp³-hybridized carbons (Fsp3) is 0.273. The lowest BCUT2D eigenvalue weighted by Gasteiger charge is -2.10. The number of carbonyl (C=O) groups excluding carboxylic acids is 1. The standard InChI is InChI=1S/C11H11ClN4O/c1-7(2)16-10(9(12)5-15-16)11(17)8-3-13-6-14-4-8/h3-7H,1-2H3. The molecule has 0 aliphatic carbocycles. The minimum atomic E-state index is -0.221. The summed E-state index contributed by atoms with van der Waals surface area (Å²) in [5, 5.41) is 4.43. The maximum atomic E-state index is 12.2. The minimum absolute atomic E-state index is 0.0612. The van der Waals surface area contributed by atoms with Crippen LogP contribution < -0.4 is 0 Å². The largest absolute Gasteiger partial charge is 0.287 e. The van der Waals surface area contributed by atoms with Gasteiger partial charge in [-0.15, -0.1) is 0 Å². The maximum Gasteiger partial charge on any atom is 0.215 e. The first-order valence-electron chi connectivity index (χ1n) is 5.14. The van der Waals surface area contributed by atoms with Gasteiger partial charge in [0.1, 0.15) is 12.0 Å². The van der Waals surface area contributed by atoms with Gasteiger partial charge in [-0.2, -0.15) is 5.10 Å². The molecule has 0 saturated heterocycles. The monoisotopic (exact) mass is 250 g/mol. The number of rotatable bonds is 3. The number of hydrogen-bond donors (Lipinski definition) is 0. The number of nitrogens with zero attached hydrogens (tertiary/aromatic N) is 4. The molecule has 0 unspecified atom stereocenters. The van der Waals surface area contributed by atoms with E-state index in [2.05, 4.69) is 15.1 Å². The number of hydrogen-bond acceptors (Lipinski definition) is 4. The molecule has 5 nitrogen and oxygen atoms in total. The Morgan fingerprint density at radius 1 is 1.29 bits per heavy atom. The van der Waals surface area contributed by atoms with E-state index in [4.69, 9.17) is 11.6 Å². The third kappa shape index (κ3) is 2.19. The van der Waals surface area contributed by atoms with Gasteiger partial charge in [-0.1, -0.05) is 11.6 Å². The van der Waals surface area contributed by atoms with Crippen molar-refractivity contribution in [3.05, 3.63) is 41.2 Å². The topological polar surface area (TPSA) is 60.7 Å². The van der Waals surface area contributed by atoms with Crippen LogP contribution in [0.5, 0.6) is 0 Å². The van der Waals surface area contributed by atoms with Crippen molar-refractivity contribution in [3.63, 3.8) is 0 Å². The summed E-state index contributed by atoms with van der Waals surface area (Å²) in [6.07, 6.45) is 5.77. The van der Waals surface area contributed by atoms with E-state index in [1.54, 1.807) is 4.68 Å². The Kier molecular flexibility index (Phi) is 3.19. The van der Waals surface area contributed by atoms with Gasteiger partial charge in [0.15, 0.2) is 0 Å². The quantitative estimate of drug-likeness (QED) is 0.783. The van der Waals surface area contributed by atoms with Crippen molar-refractivity contribution in [2.24, 2.45) is 0 Å².